The Morgan fingerprint density at radius 3 is 1.30 bits per heavy atom. The predicted octanol–water partition coefficient (Wildman–Crippen LogP) is 15.9. The van der Waals surface area contributed by atoms with Crippen molar-refractivity contribution in [3.63, 3.8) is 0 Å². The summed E-state index contributed by atoms with van der Waals surface area (Å²) in [5.41, 5.74) is 19.2. The van der Waals surface area contributed by atoms with Crippen LogP contribution in [0.4, 0.5) is 28.4 Å². The average Bonchev–Trinajstić information content (AvgIpc) is 3.70. The largest absolute Gasteiger partial charge is 0.315 e. The lowest BCUT2D eigenvalue weighted by Gasteiger charge is -2.34. The maximum Gasteiger partial charge on any atom is 0.0727 e. The van der Waals surface area contributed by atoms with Gasteiger partial charge < -0.3 is 9.80 Å². The van der Waals surface area contributed by atoms with Crippen LogP contribution in [0.5, 0.6) is 0 Å². The van der Waals surface area contributed by atoms with Crippen LogP contribution in [0.2, 0.25) is 0 Å². The Balaban J connectivity index is 1.40. The monoisotopic (exact) mass is 778 g/mol. The van der Waals surface area contributed by atoms with Crippen LogP contribution in [0, 0.1) is 0 Å². The second kappa shape index (κ2) is 14.9. The molecule has 7 aromatic rings. The van der Waals surface area contributed by atoms with Gasteiger partial charge in [-0.25, -0.2) is 0 Å². The third-order valence-electron chi connectivity index (χ3n) is 12.5. The number of anilines is 5. The summed E-state index contributed by atoms with van der Waals surface area (Å²) in [5.74, 6) is 0. The van der Waals surface area contributed by atoms with E-state index in [9.17, 15) is 0 Å². The molecule has 0 saturated heterocycles. The molecule has 0 unspecified atom stereocenters. The van der Waals surface area contributed by atoms with Gasteiger partial charge in [-0.05, 0) is 140 Å². The molecule has 0 atom stereocenters. The van der Waals surface area contributed by atoms with Crippen LogP contribution < -0.4 is 9.80 Å². The molecule has 0 N–H and O–H groups in total. The molecule has 2 nitrogen and oxygen atoms in total. The van der Waals surface area contributed by atoms with E-state index in [-0.39, 0.29) is 10.8 Å². The number of para-hydroxylation sites is 3. The Morgan fingerprint density at radius 2 is 0.850 bits per heavy atom. The summed E-state index contributed by atoms with van der Waals surface area (Å²) in [5, 5.41) is 0. The molecule has 0 fully saturated rings. The van der Waals surface area contributed by atoms with Crippen LogP contribution >= 0.6 is 0 Å². The summed E-state index contributed by atoms with van der Waals surface area (Å²) in [4.78, 5) is 4.79. The van der Waals surface area contributed by atoms with E-state index < -0.39 is 5.41 Å². The molecule has 60 heavy (non-hydrogen) atoms. The minimum atomic E-state index is -0.592. The third kappa shape index (κ3) is 6.43. The number of fused-ring (bicyclic) bond motifs is 10. The molecule has 9 rings (SSSR count). The molecule has 7 aromatic carbocycles. The molecule has 0 heterocycles. The summed E-state index contributed by atoms with van der Waals surface area (Å²) in [6, 6.07) is 61.3. The van der Waals surface area contributed by atoms with E-state index in [1.165, 1.54) is 55.6 Å². The highest BCUT2D eigenvalue weighted by Crippen LogP contribution is 2.64. The van der Waals surface area contributed by atoms with E-state index in [2.05, 4.69) is 241 Å². The standard InChI is InChI=1S/C58H54N2/c1-9-10-14-21-40(2)59(43-22-15-11-16-23-43)46-30-34-50-51-35-31-47(60(44-24-17-12-18-25-44)45-26-19-13-20-27-45)39-55(51)58(54(50)38-46)52-36-41(56(3,4)5)28-32-48(52)49-33-29-42(37-53(49)58)57(6,7)8/h9-39H,1H2,2-8H3/b14-10-,40-21+. The van der Waals surface area contributed by atoms with Gasteiger partial charge in [-0.2, -0.15) is 0 Å². The molecule has 0 aliphatic heterocycles. The van der Waals surface area contributed by atoms with Gasteiger partial charge in [-0.1, -0.05) is 169 Å². The molecule has 0 saturated carbocycles. The van der Waals surface area contributed by atoms with Crippen LogP contribution in [-0.2, 0) is 16.2 Å². The first-order valence-corrected chi connectivity index (χ1v) is 21.2. The van der Waals surface area contributed by atoms with E-state index in [1.54, 1.807) is 0 Å². The van der Waals surface area contributed by atoms with Gasteiger partial charge in [0.25, 0.3) is 0 Å². The lowest BCUT2D eigenvalue weighted by molar-refractivity contribution is 0.586. The molecule has 296 valence electrons. The second-order valence-electron chi connectivity index (χ2n) is 18.3. The van der Waals surface area contributed by atoms with Gasteiger partial charge in [-0.3, -0.25) is 0 Å². The fraction of sp³-hybridized carbons (Fsp3) is 0.172. The minimum Gasteiger partial charge on any atom is -0.315 e. The number of benzene rings is 7. The van der Waals surface area contributed by atoms with E-state index in [0.29, 0.717) is 0 Å². The van der Waals surface area contributed by atoms with Crippen LogP contribution in [0.1, 0.15) is 81.8 Å². The second-order valence-corrected chi connectivity index (χ2v) is 18.3. The average molecular weight is 779 g/mol. The molecule has 0 radical (unpaired) electrons. The first-order valence-electron chi connectivity index (χ1n) is 21.2. The number of rotatable bonds is 8. The number of allylic oxidation sites excluding steroid dienone is 5. The maximum atomic E-state index is 3.92. The Labute approximate surface area is 357 Å². The van der Waals surface area contributed by atoms with Crippen molar-refractivity contribution >= 4 is 28.4 Å². The highest BCUT2D eigenvalue weighted by Gasteiger charge is 2.53. The van der Waals surface area contributed by atoms with Gasteiger partial charge in [0.1, 0.15) is 0 Å². The van der Waals surface area contributed by atoms with E-state index in [0.717, 1.165) is 34.1 Å². The zero-order chi connectivity index (χ0) is 41.8. The number of nitrogens with zero attached hydrogens (tertiary/aromatic N) is 2. The molecule has 2 heteroatoms. The van der Waals surface area contributed by atoms with Gasteiger partial charge in [0, 0.05) is 34.1 Å². The zero-order valence-corrected chi connectivity index (χ0v) is 36.0. The van der Waals surface area contributed by atoms with Crippen LogP contribution in [0.15, 0.2) is 200 Å². The van der Waals surface area contributed by atoms with E-state index in [4.69, 9.17) is 0 Å². The summed E-state index contributed by atoms with van der Waals surface area (Å²) in [6.45, 7) is 20.1. The lowest BCUT2D eigenvalue weighted by atomic mass is 9.68. The molecule has 1 spiro atoms. The SMILES string of the molecule is C=C/C=C\C=C(/C)N(c1ccccc1)c1ccc2c(c1)C1(c3cc(N(c4ccccc4)c4ccccc4)ccc3-2)c2cc(C(C)(C)C)ccc2-c2ccc(C(C)(C)C)cc21. The Bertz CT molecular complexity index is 2690. The summed E-state index contributed by atoms with van der Waals surface area (Å²) >= 11 is 0. The van der Waals surface area contributed by atoms with Crippen LogP contribution in [0.25, 0.3) is 22.3 Å². The number of hydrogen-bond acceptors (Lipinski definition) is 2. The van der Waals surface area contributed by atoms with Gasteiger partial charge >= 0.3 is 0 Å². The Morgan fingerprint density at radius 1 is 0.450 bits per heavy atom. The predicted molar refractivity (Wildman–Crippen MR) is 256 cm³/mol. The number of hydrogen-bond donors (Lipinski definition) is 0. The van der Waals surface area contributed by atoms with Crippen molar-refractivity contribution in [3.05, 3.63) is 234 Å². The lowest BCUT2D eigenvalue weighted by Crippen LogP contribution is -2.28. The molecular formula is C58H54N2. The molecule has 2 aliphatic carbocycles. The third-order valence-corrected chi connectivity index (χ3v) is 12.5. The van der Waals surface area contributed by atoms with Gasteiger partial charge in [-0.15, -0.1) is 0 Å². The summed E-state index contributed by atoms with van der Waals surface area (Å²) < 4.78 is 0. The van der Waals surface area contributed by atoms with Gasteiger partial charge in [0.15, 0.2) is 0 Å². The molecule has 0 aromatic heterocycles. The Hall–Kier alpha value is -6.64. The Kier molecular flexibility index (Phi) is 9.63. The fourth-order valence-electron chi connectivity index (χ4n) is 9.50. The van der Waals surface area contributed by atoms with E-state index >= 15 is 0 Å². The van der Waals surface area contributed by atoms with Crippen molar-refractivity contribution in [2.24, 2.45) is 0 Å². The highest BCUT2D eigenvalue weighted by molar-refractivity contribution is 5.97. The van der Waals surface area contributed by atoms with Crippen molar-refractivity contribution in [1.82, 2.24) is 0 Å². The van der Waals surface area contributed by atoms with E-state index in [1.807, 2.05) is 12.2 Å². The minimum absolute atomic E-state index is 0.0437. The molecule has 2 aliphatic rings. The first-order chi connectivity index (χ1) is 28.9. The quantitative estimate of drug-likeness (QED) is 0.142. The zero-order valence-electron chi connectivity index (χ0n) is 36.0. The fourth-order valence-corrected chi connectivity index (χ4v) is 9.50. The van der Waals surface area contributed by atoms with Crippen molar-refractivity contribution in [1.29, 1.82) is 0 Å². The van der Waals surface area contributed by atoms with Crippen molar-refractivity contribution < 1.29 is 0 Å². The topological polar surface area (TPSA) is 6.48 Å². The maximum absolute atomic E-state index is 3.92. The molecule has 0 bridgehead atoms. The summed E-state index contributed by atoms with van der Waals surface area (Å²) in [6.07, 6.45) is 8.05. The molecular weight excluding hydrogens is 725 g/mol. The van der Waals surface area contributed by atoms with Crippen molar-refractivity contribution in [3.8, 4) is 22.3 Å². The van der Waals surface area contributed by atoms with Crippen LogP contribution in [-0.4, -0.2) is 0 Å². The first kappa shape index (κ1) is 38.9. The highest BCUT2D eigenvalue weighted by atomic mass is 15.1. The van der Waals surface area contributed by atoms with Crippen LogP contribution in [0.3, 0.4) is 0 Å². The van der Waals surface area contributed by atoms with Crippen molar-refractivity contribution in [2.75, 3.05) is 9.80 Å². The normalized spacial score (nSPS) is 13.8. The molecule has 0 amide bonds. The summed E-state index contributed by atoms with van der Waals surface area (Å²) in [7, 11) is 0. The van der Waals surface area contributed by atoms with Gasteiger partial charge in [0.05, 0.1) is 5.41 Å². The smallest absolute Gasteiger partial charge is 0.0727 e. The van der Waals surface area contributed by atoms with Gasteiger partial charge in [0.2, 0.25) is 0 Å². The van der Waals surface area contributed by atoms with Crippen molar-refractivity contribution in [2.45, 2.75) is 64.7 Å².